The Morgan fingerprint density at radius 2 is 2.06 bits per heavy atom. The highest BCUT2D eigenvalue weighted by molar-refractivity contribution is 6.02. The Morgan fingerprint density at radius 3 is 2.71 bits per heavy atom. The summed E-state index contributed by atoms with van der Waals surface area (Å²) in [5.74, 6) is -0.0524. The van der Waals surface area contributed by atoms with E-state index in [1.807, 2.05) is 0 Å². The molecule has 1 atom stereocenters. The minimum absolute atomic E-state index is 0.0998. The summed E-state index contributed by atoms with van der Waals surface area (Å²) >= 11 is 0. The molecule has 0 aromatic carbocycles. The van der Waals surface area contributed by atoms with Crippen LogP contribution in [0.4, 0.5) is 0 Å². The zero-order chi connectivity index (χ0) is 12.3. The third-order valence-electron chi connectivity index (χ3n) is 4.53. The highest BCUT2D eigenvalue weighted by Gasteiger charge is 2.43. The topological polar surface area (TPSA) is 43.4 Å². The average molecular weight is 238 g/mol. The van der Waals surface area contributed by atoms with Crippen molar-refractivity contribution in [2.45, 2.75) is 51.4 Å². The van der Waals surface area contributed by atoms with Crippen molar-refractivity contribution in [3.05, 3.63) is 0 Å². The molecule has 17 heavy (non-hydrogen) atoms. The first-order valence-corrected chi connectivity index (χ1v) is 6.71. The molecule has 0 aliphatic heterocycles. The second-order valence-corrected chi connectivity index (χ2v) is 5.64. The number of ether oxygens (including phenoxy) is 1. The van der Waals surface area contributed by atoms with Crippen LogP contribution in [0.1, 0.15) is 51.4 Å². The molecule has 1 spiro atoms. The molecule has 2 rings (SSSR count). The lowest BCUT2D eigenvalue weighted by Crippen LogP contribution is -2.37. The Balaban J connectivity index is 1.99. The summed E-state index contributed by atoms with van der Waals surface area (Å²) in [6.45, 7) is 0.440. The second-order valence-electron chi connectivity index (χ2n) is 5.64. The zero-order valence-electron chi connectivity index (χ0n) is 10.7. The van der Waals surface area contributed by atoms with E-state index in [0.717, 1.165) is 12.8 Å². The molecule has 0 amide bonds. The van der Waals surface area contributed by atoms with Gasteiger partial charge in [-0.2, -0.15) is 0 Å². The molecular weight excluding hydrogens is 216 g/mol. The van der Waals surface area contributed by atoms with Crippen LogP contribution in [0, 0.1) is 11.3 Å². The normalized spacial score (nSPS) is 27.6. The molecule has 0 aromatic heterocycles. The number of rotatable bonds is 4. The minimum Gasteiger partial charge on any atom is -0.384 e. The molecule has 0 saturated heterocycles. The fourth-order valence-corrected chi connectivity index (χ4v) is 3.46. The van der Waals surface area contributed by atoms with Gasteiger partial charge in [0.1, 0.15) is 11.6 Å². The van der Waals surface area contributed by atoms with Crippen molar-refractivity contribution in [3.63, 3.8) is 0 Å². The van der Waals surface area contributed by atoms with Gasteiger partial charge in [0.05, 0.1) is 12.5 Å². The molecule has 0 N–H and O–H groups in total. The van der Waals surface area contributed by atoms with Crippen LogP contribution in [-0.4, -0.2) is 25.3 Å². The van der Waals surface area contributed by atoms with Gasteiger partial charge in [-0.3, -0.25) is 9.59 Å². The lowest BCUT2D eigenvalue weighted by molar-refractivity contribution is -0.137. The summed E-state index contributed by atoms with van der Waals surface area (Å²) < 4.78 is 4.92. The Hall–Kier alpha value is -0.700. The van der Waals surface area contributed by atoms with Crippen molar-refractivity contribution in [2.24, 2.45) is 11.3 Å². The van der Waals surface area contributed by atoms with Crippen molar-refractivity contribution in [1.82, 2.24) is 0 Å². The summed E-state index contributed by atoms with van der Waals surface area (Å²) in [6, 6.07) is 0. The van der Waals surface area contributed by atoms with Crippen molar-refractivity contribution in [2.75, 3.05) is 13.7 Å². The fraction of sp³-hybridized carbons (Fsp3) is 0.857. The first kappa shape index (κ1) is 12.7. The lowest BCUT2D eigenvalue weighted by atomic mass is 9.67. The Morgan fingerprint density at radius 1 is 1.35 bits per heavy atom. The van der Waals surface area contributed by atoms with Crippen LogP contribution >= 0.6 is 0 Å². The van der Waals surface area contributed by atoms with Crippen LogP contribution in [0.5, 0.6) is 0 Å². The summed E-state index contributed by atoms with van der Waals surface area (Å²) in [4.78, 5) is 23.9. The number of Topliss-reactive ketones (excluding diaryl/α,β-unsaturated/α-hetero) is 2. The van der Waals surface area contributed by atoms with Gasteiger partial charge < -0.3 is 4.74 Å². The molecule has 0 bridgehead atoms. The van der Waals surface area contributed by atoms with Gasteiger partial charge in [-0.1, -0.05) is 12.8 Å². The zero-order valence-corrected chi connectivity index (χ0v) is 10.7. The van der Waals surface area contributed by atoms with Gasteiger partial charge in [0.2, 0.25) is 0 Å². The largest absolute Gasteiger partial charge is 0.384 e. The predicted molar refractivity (Wildman–Crippen MR) is 64.7 cm³/mol. The van der Waals surface area contributed by atoms with Crippen molar-refractivity contribution in [3.8, 4) is 0 Å². The van der Waals surface area contributed by atoms with Crippen molar-refractivity contribution >= 4 is 11.6 Å². The highest BCUT2D eigenvalue weighted by Crippen LogP contribution is 2.49. The maximum Gasteiger partial charge on any atom is 0.145 e. The van der Waals surface area contributed by atoms with Gasteiger partial charge in [-0.25, -0.2) is 0 Å². The van der Waals surface area contributed by atoms with E-state index in [4.69, 9.17) is 4.74 Å². The smallest absolute Gasteiger partial charge is 0.145 e. The third kappa shape index (κ3) is 2.76. The SMILES string of the molecule is COCCC(=O)C1CC2(CCCC2)CCC1=O. The number of carbonyl (C=O) groups is 2. The van der Waals surface area contributed by atoms with Crippen LogP contribution in [0.3, 0.4) is 0 Å². The van der Waals surface area contributed by atoms with E-state index < -0.39 is 0 Å². The van der Waals surface area contributed by atoms with Gasteiger partial charge in [0.25, 0.3) is 0 Å². The third-order valence-corrected chi connectivity index (χ3v) is 4.53. The van der Waals surface area contributed by atoms with E-state index in [2.05, 4.69) is 0 Å². The molecule has 3 nitrogen and oxygen atoms in total. The summed E-state index contributed by atoms with van der Waals surface area (Å²) in [6.07, 6.45) is 7.81. The number of methoxy groups -OCH3 is 1. The Bertz CT molecular complexity index is 303. The fourth-order valence-electron chi connectivity index (χ4n) is 3.46. The van der Waals surface area contributed by atoms with Gasteiger partial charge in [-0.05, 0) is 31.1 Å². The number of ketones is 2. The van der Waals surface area contributed by atoms with E-state index in [-0.39, 0.29) is 17.5 Å². The quantitative estimate of drug-likeness (QED) is 0.707. The lowest BCUT2D eigenvalue weighted by Gasteiger charge is -2.36. The maximum atomic E-state index is 12.0. The van der Waals surface area contributed by atoms with Gasteiger partial charge in [0, 0.05) is 20.0 Å². The van der Waals surface area contributed by atoms with Gasteiger partial charge in [-0.15, -0.1) is 0 Å². The summed E-state index contributed by atoms with van der Waals surface area (Å²) in [5, 5.41) is 0. The van der Waals surface area contributed by atoms with E-state index in [1.165, 1.54) is 25.7 Å². The number of carbonyl (C=O) groups excluding carboxylic acids is 2. The number of hydrogen-bond donors (Lipinski definition) is 0. The monoisotopic (exact) mass is 238 g/mol. The van der Waals surface area contributed by atoms with Crippen LogP contribution in [0.15, 0.2) is 0 Å². The molecular formula is C14H22O3. The number of hydrogen-bond acceptors (Lipinski definition) is 3. The maximum absolute atomic E-state index is 12.0. The summed E-state index contributed by atoms with van der Waals surface area (Å²) in [7, 11) is 1.59. The molecule has 0 heterocycles. The summed E-state index contributed by atoms with van der Waals surface area (Å²) in [5.41, 5.74) is 0.321. The molecule has 2 aliphatic rings. The van der Waals surface area contributed by atoms with Crippen LogP contribution in [-0.2, 0) is 14.3 Å². The molecule has 0 radical (unpaired) electrons. The minimum atomic E-state index is -0.322. The molecule has 1 unspecified atom stereocenters. The first-order valence-electron chi connectivity index (χ1n) is 6.71. The Labute approximate surface area is 103 Å². The standard InChI is InChI=1S/C14H22O3/c1-17-9-5-13(16)11-10-14(6-2-3-7-14)8-4-12(11)15/h11H,2-10H2,1H3. The highest BCUT2D eigenvalue weighted by atomic mass is 16.5. The van der Waals surface area contributed by atoms with E-state index >= 15 is 0 Å². The van der Waals surface area contributed by atoms with Crippen LogP contribution in [0.2, 0.25) is 0 Å². The van der Waals surface area contributed by atoms with E-state index in [9.17, 15) is 9.59 Å². The van der Waals surface area contributed by atoms with E-state index in [0.29, 0.717) is 24.9 Å². The molecule has 2 saturated carbocycles. The van der Waals surface area contributed by atoms with Crippen molar-refractivity contribution in [1.29, 1.82) is 0 Å². The van der Waals surface area contributed by atoms with Gasteiger partial charge >= 0.3 is 0 Å². The molecule has 0 aromatic rings. The first-order chi connectivity index (χ1) is 8.17. The van der Waals surface area contributed by atoms with Crippen LogP contribution in [0.25, 0.3) is 0 Å². The van der Waals surface area contributed by atoms with Crippen molar-refractivity contribution < 1.29 is 14.3 Å². The predicted octanol–water partition coefficient (Wildman–Crippen LogP) is 2.52. The molecule has 2 aliphatic carbocycles. The average Bonchev–Trinajstić information content (AvgIpc) is 2.78. The van der Waals surface area contributed by atoms with Gasteiger partial charge in [0.15, 0.2) is 0 Å². The van der Waals surface area contributed by atoms with Crippen LogP contribution < -0.4 is 0 Å². The Kier molecular flexibility index (Phi) is 3.97. The second kappa shape index (κ2) is 5.30. The molecule has 96 valence electrons. The molecule has 3 heteroatoms. The van der Waals surface area contributed by atoms with E-state index in [1.54, 1.807) is 7.11 Å². The molecule has 2 fully saturated rings.